The topological polar surface area (TPSA) is 0 Å². The molecule has 0 aliphatic heterocycles. The molecular formula is C23H42N+. The van der Waals surface area contributed by atoms with Gasteiger partial charge in [0.25, 0.3) is 0 Å². The van der Waals surface area contributed by atoms with Crippen LogP contribution >= 0.6 is 0 Å². The third-order valence-electron chi connectivity index (χ3n) is 5.01. The predicted octanol–water partition coefficient (Wildman–Crippen LogP) is 7.13. The molecule has 0 radical (unpaired) electrons. The second-order valence-corrected chi connectivity index (χ2v) is 8.28. The lowest BCUT2D eigenvalue weighted by Crippen LogP contribution is -2.35. The van der Waals surface area contributed by atoms with Crippen LogP contribution in [-0.2, 0) is 6.42 Å². The highest BCUT2D eigenvalue weighted by atomic mass is 15.3. The van der Waals surface area contributed by atoms with Crippen LogP contribution in [0, 0.1) is 0 Å². The van der Waals surface area contributed by atoms with Gasteiger partial charge in [0.2, 0.25) is 0 Å². The Balaban J connectivity index is 2.03. The van der Waals surface area contributed by atoms with Crippen LogP contribution in [0.1, 0.15) is 89.5 Å². The Morgan fingerprint density at radius 3 is 1.58 bits per heavy atom. The summed E-state index contributed by atoms with van der Waals surface area (Å²) in [5.74, 6) is 0. The Morgan fingerprint density at radius 2 is 1.08 bits per heavy atom. The Labute approximate surface area is 152 Å². The number of hydrogen-bond donors (Lipinski definition) is 0. The van der Waals surface area contributed by atoms with Gasteiger partial charge in [0.05, 0.1) is 21.1 Å². The Morgan fingerprint density at radius 1 is 0.625 bits per heavy atom. The summed E-state index contributed by atoms with van der Waals surface area (Å²) in [6.07, 6.45) is 18.3. The van der Waals surface area contributed by atoms with E-state index in [-0.39, 0.29) is 0 Å². The monoisotopic (exact) mass is 332 g/mol. The van der Waals surface area contributed by atoms with Crippen LogP contribution in [0.3, 0.4) is 0 Å². The van der Waals surface area contributed by atoms with Gasteiger partial charge in [-0.15, -0.1) is 0 Å². The van der Waals surface area contributed by atoms with Crippen molar-refractivity contribution in [2.24, 2.45) is 0 Å². The fourth-order valence-corrected chi connectivity index (χ4v) is 3.53. The van der Waals surface area contributed by atoms with Crippen molar-refractivity contribution in [2.45, 2.75) is 90.4 Å². The molecule has 138 valence electrons. The summed E-state index contributed by atoms with van der Waals surface area (Å²) < 4.78 is 0.925. The van der Waals surface area contributed by atoms with E-state index in [0.29, 0.717) is 0 Å². The molecule has 0 aromatic heterocycles. The Bertz CT molecular complexity index is 416. The molecule has 1 rings (SSSR count). The molecule has 0 spiro atoms. The number of rotatable bonds is 14. The Kier molecular flexibility index (Phi) is 11.1. The molecule has 0 amide bonds. The van der Waals surface area contributed by atoms with E-state index in [0.717, 1.165) is 4.48 Å². The molecule has 0 N–H and O–H groups in total. The van der Waals surface area contributed by atoms with Crippen molar-refractivity contribution in [1.29, 1.82) is 0 Å². The maximum absolute atomic E-state index is 2.32. The zero-order valence-electron chi connectivity index (χ0n) is 16.9. The van der Waals surface area contributed by atoms with Gasteiger partial charge in [-0.05, 0) is 18.9 Å². The van der Waals surface area contributed by atoms with E-state index in [4.69, 9.17) is 0 Å². The molecule has 0 bridgehead atoms. The summed E-state index contributed by atoms with van der Waals surface area (Å²) in [5, 5.41) is 0. The van der Waals surface area contributed by atoms with E-state index in [2.05, 4.69) is 52.3 Å². The SMILES string of the molecule is CCCCCCCCCCCCCCc1ccccc1[N+](C)(C)C. The van der Waals surface area contributed by atoms with Gasteiger partial charge in [-0.25, -0.2) is 0 Å². The number of para-hydroxylation sites is 1. The number of unbranched alkanes of at least 4 members (excludes halogenated alkanes) is 11. The van der Waals surface area contributed by atoms with Crippen LogP contribution in [0.4, 0.5) is 5.69 Å². The zero-order valence-corrected chi connectivity index (χ0v) is 16.9. The highest BCUT2D eigenvalue weighted by molar-refractivity contribution is 5.49. The first-order chi connectivity index (χ1) is 11.6. The molecular weight excluding hydrogens is 290 g/mol. The number of quaternary nitrogens is 1. The molecule has 0 unspecified atom stereocenters. The molecule has 1 aromatic rings. The standard InChI is InChI=1S/C23H42N/c1-5-6-7-8-9-10-11-12-13-14-15-16-19-22-20-17-18-21-23(22)24(2,3)4/h17-18,20-21H,5-16,19H2,1-4H3/q+1. The molecule has 1 heteroatoms. The van der Waals surface area contributed by atoms with Gasteiger partial charge in [0.1, 0.15) is 5.69 Å². The summed E-state index contributed by atoms with van der Waals surface area (Å²) >= 11 is 0. The fraction of sp³-hybridized carbons (Fsp3) is 0.739. The first kappa shape index (κ1) is 21.2. The summed E-state index contributed by atoms with van der Waals surface area (Å²) in [7, 11) is 6.79. The minimum atomic E-state index is 0.925. The van der Waals surface area contributed by atoms with Gasteiger partial charge in [-0.2, -0.15) is 0 Å². The van der Waals surface area contributed by atoms with E-state index in [9.17, 15) is 0 Å². The smallest absolute Gasteiger partial charge is 0.135 e. The van der Waals surface area contributed by atoms with E-state index < -0.39 is 0 Å². The van der Waals surface area contributed by atoms with Crippen LogP contribution in [-0.4, -0.2) is 21.1 Å². The second kappa shape index (κ2) is 12.5. The average molecular weight is 333 g/mol. The van der Waals surface area contributed by atoms with Gasteiger partial charge in [0.15, 0.2) is 0 Å². The van der Waals surface area contributed by atoms with Crippen LogP contribution in [0.25, 0.3) is 0 Å². The van der Waals surface area contributed by atoms with Crippen molar-refractivity contribution in [3.63, 3.8) is 0 Å². The molecule has 0 fully saturated rings. The zero-order chi connectivity index (χ0) is 17.7. The van der Waals surface area contributed by atoms with Crippen molar-refractivity contribution in [1.82, 2.24) is 4.48 Å². The largest absolute Gasteiger partial charge is 0.298 e. The van der Waals surface area contributed by atoms with Gasteiger partial charge >= 0.3 is 0 Å². The lowest BCUT2D eigenvalue weighted by atomic mass is 10.0. The first-order valence-corrected chi connectivity index (χ1v) is 10.5. The summed E-state index contributed by atoms with van der Waals surface area (Å²) in [6.45, 7) is 2.29. The van der Waals surface area contributed by atoms with Crippen LogP contribution in [0.2, 0.25) is 0 Å². The maximum atomic E-state index is 2.32. The summed E-state index contributed by atoms with van der Waals surface area (Å²) in [4.78, 5) is 0. The van der Waals surface area contributed by atoms with Crippen molar-refractivity contribution < 1.29 is 0 Å². The normalized spacial score (nSPS) is 11.8. The second-order valence-electron chi connectivity index (χ2n) is 8.28. The van der Waals surface area contributed by atoms with Crippen LogP contribution in [0.5, 0.6) is 0 Å². The minimum absolute atomic E-state index is 0.925. The number of benzene rings is 1. The van der Waals surface area contributed by atoms with Gasteiger partial charge in [0, 0.05) is 5.56 Å². The van der Waals surface area contributed by atoms with Crippen molar-refractivity contribution >= 4 is 5.69 Å². The molecule has 0 aliphatic rings. The molecule has 0 saturated heterocycles. The summed E-state index contributed by atoms with van der Waals surface area (Å²) in [5.41, 5.74) is 3.01. The third-order valence-corrected chi connectivity index (χ3v) is 5.01. The predicted molar refractivity (Wildman–Crippen MR) is 111 cm³/mol. The molecule has 1 aromatic carbocycles. The molecule has 0 saturated carbocycles. The van der Waals surface area contributed by atoms with Crippen LogP contribution < -0.4 is 4.48 Å². The lowest BCUT2D eigenvalue weighted by Gasteiger charge is -2.26. The van der Waals surface area contributed by atoms with Crippen molar-refractivity contribution in [2.75, 3.05) is 21.1 Å². The van der Waals surface area contributed by atoms with Gasteiger partial charge in [-0.3, -0.25) is 4.48 Å². The number of nitrogens with zero attached hydrogens (tertiary/aromatic N) is 1. The van der Waals surface area contributed by atoms with Crippen molar-refractivity contribution in [3.8, 4) is 0 Å². The van der Waals surface area contributed by atoms with E-state index in [1.807, 2.05) is 0 Å². The number of hydrogen-bond acceptors (Lipinski definition) is 0. The molecule has 24 heavy (non-hydrogen) atoms. The van der Waals surface area contributed by atoms with Crippen LogP contribution in [0.15, 0.2) is 24.3 Å². The molecule has 1 nitrogen and oxygen atoms in total. The third kappa shape index (κ3) is 9.47. The van der Waals surface area contributed by atoms with E-state index in [1.54, 1.807) is 0 Å². The van der Waals surface area contributed by atoms with E-state index in [1.165, 1.54) is 94.7 Å². The van der Waals surface area contributed by atoms with E-state index >= 15 is 0 Å². The first-order valence-electron chi connectivity index (χ1n) is 10.5. The average Bonchev–Trinajstić information content (AvgIpc) is 2.55. The Hall–Kier alpha value is -0.820. The molecule has 0 aliphatic carbocycles. The van der Waals surface area contributed by atoms with Gasteiger partial charge < -0.3 is 0 Å². The molecule has 0 atom stereocenters. The maximum Gasteiger partial charge on any atom is 0.135 e. The fourth-order valence-electron chi connectivity index (χ4n) is 3.53. The lowest BCUT2D eigenvalue weighted by molar-refractivity contribution is 0.480. The summed E-state index contributed by atoms with van der Waals surface area (Å²) in [6, 6.07) is 8.97. The minimum Gasteiger partial charge on any atom is -0.298 e. The highest BCUT2D eigenvalue weighted by Crippen LogP contribution is 2.24. The quantitative estimate of drug-likeness (QED) is 0.251. The van der Waals surface area contributed by atoms with Gasteiger partial charge in [-0.1, -0.05) is 95.8 Å². The molecule has 0 heterocycles. The van der Waals surface area contributed by atoms with Crippen molar-refractivity contribution in [3.05, 3.63) is 29.8 Å². The highest BCUT2D eigenvalue weighted by Gasteiger charge is 2.16. The number of aryl methyl sites for hydroxylation is 1.